The second-order valence-electron chi connectivity index (χ2n) is 3.75. The summed E-state index contributed by atoms with van der Waals surface area (Å²) in [6.45, 7) is 0.579. The summed E-state index contributed by atoms with van der Waals surface area (Å²) in [4.78, 5) is 11.1. The lowest BCUT2D eigenvalue weighted by Crippen LogP contribution is -2.39. The van der Waals surface area contributed by atoms with Crippen LogP contribution in [0, 0.1) is 3.57 Å². The van der Waals surface area contributed by atoms with Crippen molar-refractivity contribution in [3.05, 3.63) is 27.8 Å². The molecular weight excluding hydrogens is 382 g/mol. The van der Waals surface area contributed by atoms with Crippen LogP contribution in [-0.2, 0) is 4.79 Å². The van der Waals surface area contributed by atoms with Crippen LogP contribution in [0.1, 0.15) is 0 Å². The molecule has 0 spiro atoms. The van der Waals surface area contributed by atoms with Crippen molar-refractivity contribution in [3.63, 3.8) is 0 Å². The number of amides is 1. The Bertz CT molecular complexity index is 376. The Morgan fingerprint density at radius 2 is 2.05 bits per heavy atom. The van der Waals surface area contributed by atoms with E-state index in [0.717, 1.165) is 3.57 Å². The monoisotopic (exact) mass is 400 g/mol. The van der Waals surface area contributed by atoms with E-state index in [2.05, 4.69) is 33.2 Å². The molecule has 1 aromatic rings. The Morgan fingerprint density at radius 1 is 1.42 bits per heavy atom. The van der Waals surface area contributed by atoms with E-state index in [0.29, 0.717) is 5.75 Å². The van der Waals surface area contributed by atoms with Gasteiger partial charge in [-0.05, 0) is 53.9 Å². The van der Waals surface area contributed by atoms with Gasteiger partial charge in [-0.3, -0.25) is 4.79 Å². The zero-order chi connectivity index (χ0) is 13.4. The molecule has 0 aromatic heterocycles. The van der Waals surface area contributed by atoms with Crippen LogP contribution in [0.25, 0.3) is 0 Å². The molecule has 0 aliphatic carbocycles. The summed E-state index contributed by atoms with van der Waals surface area (Å²) >= 11 is 2.21. The molecule has 1 unspecified atom stereocenters. The van der Waals surface area contributed by atoms with Gasteiger partial charge < -0.3 is 20.5 Å². The van der Waals surface area contributed by atoms with Crippen molar-refractivity contribution >= 4 is 40.9 Å². The zero-order valence-corrected chi connectivity index (χ0v) is 13.5. The van der Waals surface area contributed by atoms with Crippen LogP contribution in [0.2, 0.25) is 0 Å². The minimum absolute atomic E-state index is 0. The van der Waals surface area contributed by atoms with E-state index in [9.17, 15) is 9.90 Å². The van der Waals surface area contributed by atoms with Gasteiger partial charge in [0.1, 0.15) is 18.5 Å². The average molecular weight is 401 g/mol. The molecule has 1 atom stereocenters. The average Bonchev–Trinajstić information content (AvgIpc) is 2.36. The Labute approximate surface area is 132 Å². The summed E-state index contributed by atoms with van der Waals surface area (Å²) < 4.78 is 6.52. The number of likely N-dealkylation sites (N-methyl/N-ethyl adjacent to an activating group) is 1. The molecule has 1 amide bonds. The summed E-state index contributed by atoms with van der Waals surface area (Å²) in [5.41, 5.74) is 0. The van der Waals surface area contributed by atoms with Crippen LogP contribution in [0.3, 0.4) is 0 Å². The Balaban J connectivity index is 0.00000324. The molecule has 0 radical (unpaired) electrons. The molecule has 0 aliphatic heterocycles. The Morgan fingerprint density at radius 3 is 2.63 bits per heavy atom. The molecule has 108 valence electrons. The standard InChI is InChI=1S/C12H17IN2O3.ClH/c1-14-7-12(17)15-6-10(16)8-18-11-4-2-9(13)3-5-11;/h2-5,10,14,16H,6-8H2,1H3,(H,15,17);1H. The molecule has 0 aliphatic rings. The van der Waals surface area contributed by atoms with Gasteiger partial charge in [0.2, 0.25) is 5.91 Å². The molecular formula is C12H18ClIN2O3. The zero-order valence-electron chi connectivity index (χ0n) is 10.6. The lowest BCUT2D eigenvalue weighted by Gasteiger charge is -2.13. The number of nitrogens with one attached hydrogen (secondary N) is 2. The second kappa shape index (κ2) is 10.2. The van der Waals surface area contributed by atoms with Gasteiger partial charge >= 0.3 is 0 Å². The number of benzene rings is 1. The van der Waals surface area contributed by atoms with Gasteiger partial charge in [0, 0.05) is 10.1 Å². The van der Waals surface area contributed by atoms with Gasteiger partial charge in [-0.1, -0.05) is 0 Å². The number of aliphatic hydroxyl groups excluding tert-OH is 1. The number of carbonyl (C=O) groups is 1. The number of halogens is 2. The minimum atomic E-state index is -0.718. The lowest BCUT2D eigenvalue weighted by molar-refractivity contribution is -0.120. The number of ether oxygens (including phenoxy) is 1. The van der Waals surface area contributed by atoms with Crippen molar-refractivity contribution in [2.75, 3.05) is 26.7 Å². The number of rotatable bonds is 7. The van der Waals surface area contributed by atoms with Gasteiger partial charge in [0.15, 0.2) is 0 Å². The minimum Gasteiger partial charge on any atom is -0.491 e. The highest BCUT2D eigenvalue weighted by Crippen LogP contribution is 2.13. The van der Waals surface area contributed by atoms with Gasteiger partial charge in [-0.15, -0.1) is 12.4 Å². The Kier molecular flexibility index (Phi) is 9.94. The first-order valence-corrected chi connectivity index (χ1v) is 6.67. The van der Waals surface area contributed by atoms with E-state index in [4.69, 9.17) is 4.74 Å². The molecule has 7 heteroatoms. The molecule has 1 aromatic carbocycles. The van der Waals surface area contributed by atoms with Crippen molar-refractivity contribution in [1.82, 2.24) is 10.6 Å². The van der Waals surface area contributed by atoms with E-state index < -0.39 is 6.10 Å². The molecule has 0 fully saturated rings. The highest BCUT2D eigenvalue weighted by Gasteiger charge is 2.07. The van der Waals surface area contributed by atoms with Crippen LogP contribution >= 0.6 is 35.0 Å². The molecule has 0 bridgehead atoms. The molecule has 19 heavy (non-hydrogen) atoms. The molecule has 0 saturated heterocycles. The van der Waals surface area contributed by atoms with E-state index in [-0.39, 0.29) is 38.0 Å². The normalized spacial score (nSPS) is 11.3. The molecule has 5 nitrogen and oxygen atoms in total. The fourth-order valence-corrected chi connectivity index (χ4v) is 1.60. The van der Waals surface area contributed by atoms with Gasteiger partial charge in [0.25, 0.3) is 0 Å². The third kappa shape index (κ3) is 8.25. The maximum atomic E-state index is 11.1. The van der Waals surface area contributed by atoms with E-state index in [1.165, 1.54) is 0 Å². The smallest absolute Gasteiger partial charge is 0.234 e. The van der Waals surface area contributed by atoms with Gasteiger partial charge in [0.05, 0.1) is 6.54 Å². The van der Waals surface area contributed by atoms with Gasteiger partial charge in [-0.2, -0.15) is 0 Å². The molecule has 0 heterocycles. The van der Waals surface area contributed by atoms with Gasteiger partial charge in [-0.25, -0.2) is 0 Å². The van der Waals surface area contributed by atoms with Crippen molar-refractivity contribution in [1.29, 1.82) is 0 Å². The second-order valence-corrected chi connectivity index (χ2v) is 5.00. The number of hydrogen-bond donors (Lipinski definition) is 3. The van der Waals surface area contributed by atoms with Crippen molar-refractivity contribution in [2.24, 2.45) is 0 Å². The largest absolute Gasteiger partial charge is 0.491 e. The SMILES string of the molecule is CNCC(=O)NCC(O)COc1ccc(I)cc1.Cl. The van der Waals surface area contributed by atoms with Crippen LogP contribution in [0.4, 0.5) is 0 Å². The lowest BCUT2D eigenvalue weighted by atomic mass is 10.3. The summed E-state index contributed by atoms with van der Waals surface area (Å²) in [7, 11) is 1.69. The van der Waals surface area contributed by atoms with E-state index in [1.807, 2.05) is 24.3 Å². The third-order valence-corrected chi connectivity index (χ3v) is 2.85. The molecule has 0 saturated carbocycles. The quantitative estimate of drug-likeness (QED) is 0.592. The topological polar surface area (TPSA) is 70.6 Å². The third-order valence-electron chi connectivity index (χ3n) is 2.13. The summed E-state index contributed by atoms with van der Waals surface area (Å²) in [6, 6.07) is 7.54. The highest BCUT2D eigenvalue weighted by atomic mass is 127. The van der Waals surface area contributed by atoms with E-state index in [1.54, 1.807) is 7.05 Å². The number of aliphatic hydroxyl groups is 1. The van der Waals surface area contributed by atoms with Crippen LogP contribution in [0.5, 0.6) is 5.75 Å². The van der Waals surface area contributed by atoms with Crippen LogP contribution in [0.15, 0.2) is 24.3 Å². The number of hydrogen-bond acceptors (Lipinski definition) is 4. The highest BCUT2D eigenvalue weighted by molar-refractivity contribution is 14.1. The predicted molar refractivity (Wildman–Crippen MR) is 84.8 cm³/mol. The predicted octanol–water partition coefficient (Wildman–Crippen LogP) is 0.788. The maximum absolute atomic E-state index is 11.1. The van der Waals surface area contributed by atoms with Crippen molar-refractivity contribution < 1.29 is 14.6 Å². The fraction of sp³-hybridized carbons (Fsp3) is 0.417. The van der Waals surface area contributed by atoms with Crippen molar-refractivity contribution in [3.8, 4) is 5.75 Å². The first-order valence-electron chi connectivity index (χ1n) is 5.59. The first-order chi connectivity index (χ1) is 8.61. The molecule has 3 N–H and O–H groups in total. The van der Waals surface area contributed by atoms with Crippen LogP contribution in [-0.4, -0.2) is 43.9 Å². The maximum Gasteiger partial charge on any atom is 0.234 e. The summed E-state index contributed by atoms with van der Waals surface area (Å²) in [5, 5.41) is 14.9. The first kappa shape index (κ1) is 18.4. The van der Waals surface area contributed by atoms with Crippen LogP contribution < -0.4 is 15.4 Å². The molecule has 1 rings (SSSR count). The number of carbonyl (C=O) groups excluding carboxylic acids is 1. The Hall–Kier alpha value is -0.570. The van der Waals surface area contributed by atoms with E-state index >= 15 is 0 Å². The summed E-state index contributed by atoms with van der Waals surface area (Å²) in [5.74, 6) is 0.557. The van der Waals surface area contributed by atoms with Crippen molar-refractivity contribution in [2.45, 2.75) is 6.10 Å². The summed E-state index contributed by atoms with van der Waals surface area (Å²) in [6.07, 6.45) is -0.718. The fourth-order valence-electron chi connectivity index (χ4n) is 1.24.